The Balaban J connectivity index is 0.916. The number of rotatable bonds is 12. The molecule has 1 aliphatic heterocycles. The first-order valence-corrected chi connectivity index (χ1v) is 22.1. The van der Waals surface area contributed by atoms with Gasteiger partial charge in [-0.05, 0) is 157 Å². The van der Waals surface area contributed by atoms with E-state index in [9.17, 15) is 0 Å². The summed E-state index contributed by atoms with van der Waals surface area (Å²) >= 11 is 0. The summed E-state index contributed by atoms with van der Waals surface area (Å²) in [6.45, 7) is 6.67. The van der Waals surface area contributed by atoms with Crippen LogP contribution in [0.1, 0.15) is 115 Å². The summed E-state index contributed by atoms with van der Waals surface area (Å²) in [5.74, 6) is 2.21. The molecule has 1 N–H and O–H groups in total. The van der Waals surface area contributed by atoms with Crippen molar-refractivity contribution >= 4 is 16.8 Å². The summed E-state index contributed by atoms with van der Waals surface area (Å²) < 4.78 is 0. The lowest BCUT2D eigenvalue weighted by Crippen LogP contribution is -2.31. The normalized spacial score (nSPS) is 22.7. The van der Waals surface area contributed by atoms with E-state index in [1.54, 1.807) is 11.1 Å². The van der Waals surface area contributed by atoms with Crippen LogP contribution in [-0.2, 0) is 12.8 Å². The van der Waals surface area contributed by atoms with Gasteiger partial charge in [-0.2, -0.15) is 0 Å². The quantitative estimate of drug-likeness (QED) is 0.152. The van der Waals surface area contributed by atoms with E-state index in [1.807, 2.05) is 0 Å². The van der Waals surface area contributed by atoms with E-state index in [-0.39, 0.29) is 6.04 Å². The third-order valence-corrected chi connectivity index (χ3v) is 13.8. The molecule has 9 rings (SSSR count). The maximum atomic E-state index is 3.89. The summed E-state index contributed by atoms with van der Waals surface area (Å²) in [6, 6.07) is 37.6. The zero-order valence-corrected chi connectivity index (χ0v) is 34.8. The minimum atomic E-state index is 0.185. The van der Waals surface area contributed by atoms with Gasteiger partial charge in [0.1, 0.15) is 0 Å². The molecular weight excluding hydrogens is 699 g/mol. The van der Waals surface area contributed by atoms with Crippen molar-refractivity contribution in [3.63, 3.8) is 0 Å². The van der Waals surface area contributed by atoms with E-state index >= 15 is 0 Å². The smallest absolute Gasteiger partial charge is 0.0670 e. The largest absolute Gasteiger partial charge is 0.375 e. The van der Waals surface area contributed by atoms with Gasteiger partial charge in [-0.25, -0.2) is 0 Å². The summed E-state index contributed by atoms with van der Waals surface area (Å²) in [4.78, 5) is 0. The van der Waals surface area contributed by atoms with Gasteiger partial charge in [-0.1, -0.05) is 175 Å². The Kier molecular flexibility index (Phi) is 11.3. The average Bonchev–Trinajstić information content (AvgIpc) is 3.60. The molecule has 58 heavy (non-hydrogen) atoms. The fourth-order valence-electron chi connectivity index (χ4n) is 10.2. The van der Waals surface area contributed by atoms with Crippen LogP contribution >= 0.6 is 0 Å². The number of hydrogen-bond donors (Lipinski definition) is 1. The molecule has 5 atom stereocenters. The summed E-state index contributed by atoms with van der Waals surface area (Å²) in [5, 5.41) is 3.89. The Hall–Kier alpha value is -5.40. The third kappa shape index (κ3) is 8.28. The van der Waals surface area contributed by atoms with E-state index in [2.05, 4.69) is 184 Å². The van der Waals surface area contributed by atoms with Crippen LogP contribution in [0, 0.1) is 18.8 Å². The average molecular weight is 758 g/mol. The number of fused-ring (bicyclic) bond motifs is 3. The number of benzene rings is 4. The van der Waals surface area contributed by atoms with Crippen LogP contribution in [-0.4, -0.2) is 6.04 Å². The molecule has 4 aromatic rings. The lowest BCUT2D eigenvalue weighted by Gasteiger charge is -2.29. The number of aryl methyl sites for hydroxylation is 3. The highest BCUT2D eigenvalue weighted by Gasteiger charge is 2.35. The first-order chi connectivity index (χ1) is 28.5. The van der Waals surface area contributed by atoms with Gasteiger partial charge in [0, 0.05) is 5.70 Å². The van der Waals surface area contributed by atoms with Gasteiger partial charge in [-0.3, -0.25) is 0 Å². The van der Waals surface area contributed by atoms with Crippen molar-refractivity contribution < 1.29 is 0 Å². The molecule has 0 spiro atoms. The maximum absolute atomic E-state index is 3.89. The predicted molar refractivity (Wildman–Crippen MR) is 247 cm³/mol. The fourth-order valence-corrected chi connectivity index (χ4v) is 10.2. The number of hydrogen-bond acceptors (Lipinski definition) is 1. The van der Waals surface area contributed by atoms with Crippen molar-refractivity contribution in [2.75, 3.05) is 0 Å². The highest BCUT2D eigenvalue weighted by molar-refractivity contribution is 5.86. The van der Waals surface area contributed by atoms with E-state index in [1.165, 1.54) is 73.4 Å². The first kappa shape index (κ1) is 38.1. The summed E-state index contributed by atoms with van der Waals surface area (Å²) in [5.41, 5.74) is 19.7. The van der Waals surface area contributed by atoms with E-state index in [4.69, 9.17) is 0 Å². The molecule has 0 bridgehead atoms. The minimum absolute atomic E-state index is 0.185. The second-order valence-corrected chi connectivity index (χ2v) is 17.5. The van der Waals surface area contributed by atoms with Crippen molar-refractivity contribution in [1.82, 2.24) is 5.32 Å². The van der Waals surface area contributed by atoms with Gasteiger partial charge in [0.15, 0.2) is 0 Å². The fraction of sp³-hybridized carbons (Fsp3) is 0.298. The van der Waals surface area contributed by atoms with Crippen LogP contribution in [0.4, 0.5) is 0 Å². The molecule has 0 saturated heterocycles. The molecule has 0 fully saturated rings. The van der Waals surface area contributed by atoms with Crippen LogP contribution in [0.2, 0.25) is 0 Å². The molecule has 1 heteroatoms. The minimum Gasteiger partial charge on any atom is -0.375 e. The first-order valence-electron chi connectivity index (χ1n) is 22.1. The molecule has 0 aromatic heterocycles. The van der Waals surface area contributed by atoms with Gasteiger partial charge >= 0.3 is 0 Å². The van der Waals surface area contributed by atoms with Crippen LogP contribution in [0.25, 0.3) is 16.8 Å². The number of nitrogens with one attached hydrogen (secondary N) is 1. The van der Waals surface area contributed by atoms with Crippen molar-refractivity contribution in [2.45, 2.75) is 96.4 Å². The zero-order valence-electron chi connectivity index (χ0n) is 34.8. The van der Waals surface area contributed by atoms with Crippen molar-refractivity contribution in [2.24, 2.45) is 11.8 Å². The molecule has 4 aliphatic carbocycles. The van der Waals surface area contributed by atoms with Crippen molar-refractivity contribution in [1.29, 1.82) is 0 Å². The third-order valence-electron chi connectivity index (χ3n) is 13.8. The Morgan fingerprint density at radius 1 is 0.759 bits per heavy atom. The molecule has 0 amide bonds. The Morgan fingerprint density at radius 3 is 2.28 bits per heavy atom. The highest BCUT2D eigenvalue weighted by Crippen LogP contribution is 2.51. The topological polar surface area (TPSA) is 12.0 Å². The predicted octanol–water partition coefficient (Wildman–Crippen LogP) is 14.4. The Morgan fingerprint density at radius 2 is 1.53 bits per heavy atom. The molecule has 292 valence electrons. The van der Waals surface area contributed by atoms with E-state index in [0.29, 0.717) is 23.7 Å². The van der Waals surface area contributed by atoms with Gasteiger partial charge in [0.25, 0.3) is 0 Å². The monoisotopic (exact) mass is 757 g/mol. The molecule has 1 nitrogen and oxygen atoms in total. The summed E-state index contributed by atoms with van der Waals surface area (Å²) in [6.07, 6.45) is 34.0. The van der Waals surface area contributed by atoms with Crippen LogP contribution in [0.15, 0.2) is 175 Å². The molecule has 4 aromatic carbocycles. The standard InChI is InChI=1S/C57H59N/c1-4-41-21-29-45(30-22-41)50(35-23-42-17-19-43(20-18-42)24-36-55-53-11-7-5-9-51(53)52-10-6-8-12-54(52)55)46-33-31-44(32-34-46)49-37-56(47-25-13-39(2)14-26-47)58-57(38-49)48-27-15-40(3)16-28-48/h5-11,13-15,17-22,25-27,29,31-34,37-38,45,50,54-55,57-58H,4,12,16,23-24,28,30,35-36H2,1-3H3. The van der Waals surface area contributed by atoms with Crippen molar-refractivity contribution in [3.8, 4) is 0 Å². The molecular formula is C57H59N. The number of dihydropyridines is 1. The number of allylic oxidation sites excluding steroid dienone is 13. The Labute approximate surface area is 348 Å². The lowest BCUT2D eigenvalue weighted by atomic mass is 9.77. The van der Waals surface area contributed by atoms with Gasteiger partial charge in [-0.15, -0.1) is 0 Å². The van der Waals surface area contributed by atoms with Gasteiger partial charge < -0.3 is 5.32 Å². The van der Waals surface area contributed by atoms with Crippen LogP contribution in [0.3, 0.4) is 0 Å². The van der Waals surface area contributed by atoms with E-state index < -0.39 is 0 Å². The van der Waals surface area contributed by atoms with Crippen molar-refractivity contribution in [3.05, 3.63) is 219 Å². The van der Waals surface area contributed by atoms with Gasteiger partial charge in [0.05, 0.1) is 6.04 Å². The summed E-state index contributed by atoms with van der Waals surface area (Å²) in [7, 11) is 0. The molecule has 5 aliphatic rings. The maximum Gasteiger partial charge on any atom is 0.0670 e. The van der Waals surface area contributed by atoms with E-state index in [0.717, 1.165) is 51.4 Å². The van der Waals surface area contributed by atoms with Crippen LogP contribution < -0.4 is 5.32 Å². The second-order valence-electron chi connectivity index (χ2n) is 17.5. The molecule has 0 radical (unpaired) electrons. The van der Waals surface area contributed by atoms with Gasteiger partial charge in [0.2, 0.25) is 0 Å². The SMILES string of the molecule is CCC1=CCC(C(CCc2ccc(CCC3c4ccccc4C4=CC=CCC43)cc2)c2ccc(C3=CC(C4=CC=C(C)CC4)NC(c4ccc(C)cc4)=C3)cc2)C=C1. The molecule has 5 unspecified atom stereocenters. The zero-order chi connectivity index (χ0) is 39.4. The second kappa shape index (κ2) is 17.2. The molecule has 0 saturated carbocycles. The lowest BCUT2D eigenvalue weighted by molar-refractivity contribution is 0.475. The molecule has 1 heterocycles. The Bertz CT molecular complexity index is 2370. The highest BCUT2D eigenvalue weighted by atomic mass is 14.9. The van der Waals surface area contributed by atoms with Crippen LogP contribution in [0.5, 0.6) is 0 Å².